The summed E-state index contributed by atoms with van der Waals surface area (Å²) in [4.78, 5) is 12.5. The number of rotatable bonds is 8. The van der Waals surface area contributed by atoms with E-state index < -0.39 is 0 Å². The first-order valence-corrected chi connectivity index (χ1v) is 11.1. The number of esters is 1. The van der Waals surface area contributed by atoms with Crippen molar-refractivity contribution >= 4 is 5.97 Å². The van der Waals surface area contributed by atoms with Crippen molar-refractivity contribution in [2.45, 2.75) is 19.4 Å². The minimum absolute atomic E-state index is 0.0953. The van der Waals surface area contributed by atoms with Gasteiger partial charge in [0.2, 0.25) is 6.79 Å². The summed E-state index contributed by atoms with van der Waals surface area (Å²) < 4.78 is 27.8. The van der Waals surface area contributed by atoms with Crippen LogP contribution in [0.3, 0.4) is 0 Å². The number of hydrogen-bond donors (Lipinski definition) is 0. The molecule has 1 saturated heterocycles. The van der Waals surface area contributed by atoms with Crippen molar-refractivity contribution in [2.75, 3.05) is 20.5 Å². The van der Waals surface area contributed by atoms with Gasteiger partial charge in [0.25, 0.3) is 0 Å². The Labute approximate surface area is 193 Å². The summed E-state index contributed by atoms with van der Waals surface area (Å²) in [6.45, 7) is 1.13. The highest BCUT2D eigenvalue weighted by atomic mass is 16.7. The van der Waals surface area contributed by atoms with Crippen molar-refractivity contribution in [2.24, 2.45) is 11.8 Å². The van der Waals surface area contributed by atoms with Gasteiger partial charge in [-0.15, -0.1) is 0 Å². The van der Waals surface area contributed by atoms with E-state index >= 15 is 0 Å². The second-order valence-corrected chi connectivity index (χ2v) is 8.35. The summed E-state index contributed by atoms with van der Waals surface area (Å²) in [5.41, 5.74) is 3.21. The molecule has 0 aromatic heterocycles. The van der Waals surface area contributed by atoms with E-state index in [1.165, 1.54) is 0 Å². The maximum Gasteiger partial charge on any atom is 0.309 e. The molecule has 3 aromatic carbocycles. The van der Waals surface area contributed by atoms with E-state index in [0.717, 1.165) is 34.6 Å². The summed E-state index contributed by atoms with van der Waals surface area (Å²) in [5.74, 6) is 2.58. The molecule has 0 saturated carbocycles. The van der Waals surface area contributed by atoms with Gasteiger partial charge in [-0.3, -0.25) is 4.79 Å². The zero-order chi connectivity index (χ0) is 22.6. The maximum absolute atomic E-state index is 12.5. The molecule has 0 unspecified atom stereocenters. The molecule has 6 heteroatoms. The van der Waals surface area contributed by atoms with Crippen LogP contribution >= 0.6 is 0 Å². The van der Waals surface area contributed by atoms with E-state index in [1.807, 2.05) is 66.7 Å². The molecule has 0 amide bonds. The third-order valence-electron chi connectivity index (χ3n) is 6.17. The number of hydrogen-bond acceptors (Lipinski definition) is 6. The fourth-order valence-electron chi connectivity index (χ4n) is 4.37. The predicted molar refractivity (Wildman–Crippen MR) is 122 cm³/mol. The van der Waals surface area contributed by atoms with E-state index in [0.29, 0.717) is 31.1 Å². The minimum atomic E-state index is -0.212. The molecule has 2 heterocycles. The van der Waals surface area contributed by atoms with Crippen LogP contribution in [-0.4, -0.2) is 26.5 Å². The average molecular weight is 446 g/mol. The average Bonchev–Trinajstić information content (AvgIpc) is 3.45. The van der Waals surface area contributed by atoms with Crippen molar-refractivity contribution in [3.05, 3.63) is 83.4 Å². The van der Waals surface area contributed by atoms with Crippen molar-refractivity contribution in [1.29, 1.82) is 0 Å². The fourth-order valence-corrected chi connectivity index (χ4v) is 4.37. The predicted octanol–water partition coefficient (Wildman–Crippen LogP) is 4.58. The summed E-state index contributed by atoms with van der Waals surface area (Å²) in [5, 5.41) is 0. The van der Waals surface area contributed by atoms with E-state index in [1.54, 1.807) is 7.11 Å². The molecule has 0 bridgehead atoms. The molecule has 6 nitrogen and oxygen atoms in total. The Morgan fingerprint density at radius 3 is 2.45 bits per heavy atom. The molecular weight excluding hydrogens is 420 g/mol. The standard InChI is InChI=1S/C27H26O6/c1-29-25-13-20(8-9-23(25)30-15-18-5-3-2-4-6-18)12-22-21(16-31-27(22)28)11-19-7-10-24-26(14-19)33-17-32-24/h2-10,13-14,21-22H,11-12,15-17H2,1H3/t21-,22+/m0/s1. The van der Waals surface area contributed by atoms with Crippen LogP contribution < -0.4 is 18.9 Å². The van der Waals surface area contributed by atoms with Gasteiger partial charge in [0, 0.05) is 5.92 Å². The normalized spacial score (nSPS) is 18.8. The lowest BCUT2D eigenvalue weighted by molar-refractivity contribution is -0.141. The number of methoxy groups -OCH3 is 1. The van der Waals surface area contributed by atoms with Gasteiger partial charge in [0.1, 0.15) is 6.61 Å². The van der Waals surface area contributed by atoms with Gasteiger partial charge in [-0.2, -0.15) is 0 Å². The van der Waals surface area contributed by atoms with Gasteiger partial charge >= 0.3 is 5.97 Å². The summed E-state index contributed by atoms with van der Waals surface area (Å²) >= 11 is 0. The zero-order valence-electron chi connectivity index (χ0n) is 18.5. The van der Waals surface area contributed by atoms with E-state index in [2.05, 4.69) is 0 Å². The molecule has 0 N–H and O–H groups in total. The fraction of sp³-hybridized carbons (Fsp3) is 0.296. The van der Waals surface area contributed by atoms with Crippen LogP contribution in [0.2, 0.25) is 0 Å². The second kappa shape index (κ2) is 9.45. The van der Waals surface area contributed by atoms with Crippen LogP contribution in [0.15, 0.2) is 66.7 Å². The highest BCUT2D eigenvalue weighted by Crippen LogP contribution is 2.36. The lowest BCUT2D eigenvalue weighted by Gasteiger charge is -2.17. The number of ether oxygens (including phenoxy) is 5. The molecule has 5 rings (SSSR count). The minimum Gasteiger partial charge on any atom is -0.493 e. The van der Waals surface area contributed by atoms with Gasteiger partial charge in [-0.25, -0.2) is 0 Å². The van der Waals surface area contributed by atoms with Gasteiger partial charge in [-0.1, -0.05) is 42.5 Å². The molecule has 3 aromatic rings. The van der Waals surface area contributed by atoms with Gasteiger partial charge in [0.15, 0.2) is 23.0 Å². The lowest BCUT2D eigenvalue weighted by Crippen LogP contribution is -2.20. The van der Waals surface area contributed by atoms with Crippen LogP contribution in [0.25, 0.3) is 0 Å². The van der Waals surface area contributed by atoms with Crippen LogP contribution in [-0.2, 0) is 29.0 Å². The maximum atomic E-state index is 12.5. The van der Waals surface area contributed by atoms with Crippen LogP contribution in [0.4, 0.5) is 0 Å². The van der Waals surface area contributed by atoms with Crippen LogP contribution in [0, 0.1) is 11.8 Å². The largest absolute Gasteiger partial charge is 0.493 e. The molecule has 2 aliphatic rings. The smallest absolute Gasteiger partial charge is 0.309 e. The number of benzene rings is 3. The first-order valence-electron chi connectivity index (χ1n) is 11.1. The molecule has 0 spiro atoms. The number of cyclic esters (lactones) is 1. The van der Waals surface area contributed by atoms with Gasteiger partial charge < -0.3 is 23.7 Å². The van der Waals surface area contributed by atoms with Crippen molar-refractivity contribution in [1.82, 2.24) is 0 Å². The highest BCUT2D eigenvalue weighted by Gasteiger charge is 2.37. The van der Waals surface area contributed by atoms with E-state index in [-0.39, 0.29) is 24.6 Å². The topological polar surface area (TPSA) is 63.2 Å². The van der Waals surface area contributed by atoms with Crippen molar-refractivity contribution in [3.8, 4) is 23.0 Å². The zero-order valence-corrected chi connectivity index (χ0v) is 18.5. The molecule has 2 atom stereocenters. The van der Waals surface area contributed by atoms with Crippen molar-refractivity contribution in [3.63, 3.8) is 0 Å². The van der Waals surface area contributed by atoms with Crippen molar-refractivity contribution < 1.29 is 28.5 Å². The molecule has 170 valence electrons. The molecule has 33 heavy (non-hydrogen) atoms. The molecule has 0 radical (unpaired) electrons. The summed E-state index contributed by atoms with van der Waals surface area (Å²) in [6.07, 6.45) is 1.33. The van der Waals surface area contributed by atoms with Crippen LogP contribution in [0.5, 0.6) is 23.0 Å². The number of fused-ring (bicyclic) bond motifs is 1. The van der Waals surface area contributed by atoms with E-state index in [4.69, 9.17) is 23.7 Å². The number of carbonyl (C=O) groups excluding carboxylic acids is 1. The molecular formula is C27H26O6. The Morgan fingerprint density at radius 1 is 0.818 bits per heavy atom. The Kier molecular flexibility index (Phi) is 6.07. The Morgan fingerprint density at radius 2 is 1.61 bits per heavy atom. The third-order valence-corrected chi connectivity index (χ3v) is 6.17. The highest BCUT2D eigenvalue weighted by molar-refractivity contribution is 5.75. The Hall–Kier alpha value is -3.67. The van der Waals surface area contributed by atoms with Gasteiger partial charge in [-0.05, 0) is 53.8 Å². The SMILES string of the molecule is COc1cc(C[C@H]2C(=O)OC[C@@H]2Cc2ccc3c(c2)OCO3)ccc1OCc1ccccc1. The Balaban J connectivity index is 1.27. The number of carbonyl (C=O) groups is 1. The molecule has 2 aliphatic heterocycles. The third kappa shape index (κ3) is 4.75. The lowest BCUT2D eigenvalue weighted by atomic mass is 9.85. The summed E-state index contributed by atoms with van der Waals surface area (Å²) in [7, 11) is 1.63. The van der Waals surface area contributed by atoms with E-state index in [9.17, 15) is 4.79 Å². The quantitative estimate of drug-likeness (QED) is 0.472. The van der Waals surface area contributed by atoms with Crippen LogP contribution in [0.1, 0.15) is 16.7 Å². The first kappa shape index (κ1) is 21.2. The van der Waals surface area contributed by atoms with Gasteiger partial charge in [0.05, 0.1) is 19.6 Å². The molecule has 1 fully saturated rings. The monoisotopic (exact) mass is 446 g/mol. The summed E-state index contributed by atoms with van der Waals surface area (Å²) in [6, 6.07) is 21.8. The first-order chi connectivity index (χ1) is 16.2. The Bertz CT molecular complexity index is 1130. The molecule has 0 aliphatic carbocycles. The second-order valence-electron chi connectivity index (χ2n) is 8.35.